The molecule has 0 atom stereocenters. The SMILES string of the molecule is CCC1=CC(=O)NCC(C)=C1. The van der Waals surface area contributed by atoms with E-state index in [4.69, 9.17) is 0 Å². The van der Waals surface area contributed by atoms with Crippen molar-refractivity contribution < 1.29 is 4.79 Å². The van der Waals surface area contributed by atoms with Gasteiger partial charge in [-0.15, -0.1) is 0 Å². The molecule has 0 spiro atoms. The maximum Gasteiger partial charge on any atom is 0.244 e. The molecular formula is C9H13NO. The van der Waals surface area contributed by atoms with Crippen LogP contribution in [0.3, 0.4) is 0 Å². The fourth-order valence-electron chi connectivity index (χ4n) is 1.06. The van der Waals surface area contributed by atoms with Crippen LogP contribution in [0.5, 0.6) is 0 Å². The van der Waals surface area contributed by atoms with Crippen molar-refractivity contribution in [2.75, 3.05) is 6.54 Å². The van der Waals surface area contributed by atoms with E-state index in [1.54, 1.807) is 6.08 Å². The first kappa shape index (κ1) is 8.05. The Kier molecular flexibility index (Phi) is 2.47. The van der Waals surface area contributed by atoms with Crippen LogP contribution in [0.15, 0.2) is 23.3 Å². The van der Waals surface area contributed by atoms with Gasteiger partial charge in [0.2, 0.25) is 5.91 Å². The molecule has 0 radical (unpaired) electrons. The van der Waals surface area contributed by atoms with E-state index >= 15 is 0 Å². The minimum absolute atomic E-state index is 0.0231. The lowest BCUT2D eigenvalue weighted by atomic mass is 10.1. The van der Waals surface area contributed by atoms with E-state index in [2.05, 4.69) is 11.4 Å². The molecule has 0 aliphatic carbocycles. The number of rotatable bonds is 1. The summed E-state index contributed by atoms with van der Waals surface area (Å²) in [6.07, 6.45) is 4.65. The maximum absolute atomic E-state index is 11.0. The molecule has 1 amide bonds. The van der Waals surface area contributed by atoms with Gasteiger partial charge in [-0.05, 0) is 18.9 Å². The zero-order chi connectivity index (χ0) is 8.27. The van der Waals surface area contributed by atoms with Crippen LogP contribution >= 0.6 is 0 Å². The zero-order valence-corrected chi connectivity index (χ0v) is 6.98. The Morgan fingerprint density at radius 1 is 1.55 bits per heavy atom. The lowest BCUT2D eigenvalue weighted by Gasteiger charge is -1.96. The fraction of sp³-hybridized carbons (Fsp3) is 0.444. The van der Waals surface area contributed by atoms with Crippen LogP contribution in [0.4, 0.5) is 0 Å². The summed E-state index contributed by atoms with van der Waals surface area (Å²) in [6.45, 7) is 4.75. The highest BCUT2D eigenvalue weighted by atomic mass is 16.1. The molecule has 0 fully saturated rings. The van der Waals surface area contributed by atoms with Gasteiger partial charge >= 0.3 is 0 Å². The molecule has 1 aliphatic heterocycles. The van der Waals surface area contributed by atoms with Crippen molar-refractivity contribution in [3.05, 3.63) is 23.3 Å². The minimum atomic E-state index is 0.0231. The first-order valence-corrected chi connectivity index (χ1v) is 3.88. The molecule has 1 N–H and O–H groups in total. The summed E-state index contributed by atoms with van der Waals surface area (Å²) in [5.41, 5.74) is 2.32. The third kappa shape index (κ3) is 2.22. The standard InChI is InChI=1S/C9H13NO/c1-3-8-4-7(2)6-10-9(11)5-8/h4-5H,3,6H2,1-2H3,(H,10,11). The second-order valence-electron chi connectivity index (χ2n) is 2.78. The first-order valence-electron chi connectivity index (χ1n) is 3.88. The maximum atomic E-state index is 11.0. The fourth-order valence-corrected chi connectivity index (χ4v) is 1.06. The van der Waals surface area contributed by atoms with E-state index in [9.17, 15) is 4.79 Å². The highest BCUT2D eigenvalue weighted by Gasteiger charge is 2.03. The number of allylic oxidation sites excluding steroid dienone is 2. The molecular weight excluding hydrogens is 138 g/mol. The van der Waals surface area contributed by atoms with E-state index in [1.165, 1.54) is 5.57 Å². The van der Waals surface area contributed by atoms with E-state index in [0.29, 0.717) is 6.54 Å². The molecule has 2 nitrogen and oxygen atoms in total. The number of carbonyl (C=O) groups excluding carboxylic acids is 1. The quantitative estimate of drug-likeness (QED) is 0.603. The van der Waals surface area contributed by atoms with Gasteiger partial charge < -0.3 is 5.32 Å². The number of nitrogens with one attached hydrogen (secondary N) is 1. The number of amides is 1. The second kappa shape index (κ2) is 3.37. The van der Waals surface area contributed by atoms with Gasteiger partial charge in [-0.2, -0.15) is 0 Å². The summed E-state index contributed by atoms with van der Waals surface area (Å²) in [4.78, 5) is 11.0. The van der Waals surface area contributed by atoms with Gasteiger partial charge in [-0.25, -0.2) is 0 Å². The monoisotopic (exact) mass is 151 g/mol. The Hall–Kier alpha value is -1.05. The molecule has 0 aromatic heterocycles. The Morgan fingerprint density at radius 3 is 2.91 bits per heavy atom. The van der Waals surface area contributed by atoms with Gasteiger partial charge in [0.15, 0.2) is 0 Å². The Bertz CT molecular complexity index is 226. The van der Waals surface area contributed by atoms with Crippen molar-refractivity contribution in [3.8, 4) is 0 Å². The molecule has 1 rings (SSSR count). The van der Waals surface area contributed by atoms with Gasteiger partial charge in [0.25, 0.3) is 0 Å². The van der Waals surface area contributed by atoms with Crippen LogP contribution in [0.1, 0.15) is 20.3 Å². The topological polar surface area (TPSA) is 29.1 Å². The molecule has 0 unspecified atom stereocenters. The first-order chi connectivity index (χ1) is 5.22. The molecule has 0 saturated carbocycles. The number of hydrogen-bond donors (Lipinski definition) is 1. The summed E-state index contributed by atoms with van der Waals surface area (Å²) in [5, 5.41) is 2.77. The Morgan fingerprint density at radius 2 is 2.27 bits per heavy atom. The molecule has 0 bridgehead atoms. The highest BCUT2D eigenvalue weighted by molar-refractivity contribution is 5.89. The summed E-state index contributed by atoms with van der Waals surface area (Å²) in [5.74, 6) is 0.0231. The largest absolute Gasteiger partial charge is 0.349 e. The molecule has 1 aliphatic rings. The van der Waals surface area contributed by atoms with Gasteiger partial charge in [0, 0.05) is 12.6 Å². The predicted molar refractivity (Wildman–Crippen MR) is 45.1 cm³/mol. The van der Waals surface area contributed by atoms with Crippen molar-refractivity contribution in [2.45, 2.75) is 20.3 Å². The van der Waals surface area contributed by atoms with Crippen LogP contribution in [0.25, 0.3) is 0 Å². The minimum Gasteiger partial charge on any atom is -0.349 e. The third-order valence-electron chi connectivity index (χ3n) is 1.70. The van der Waals surface area contributed by atoms with Crippen molar-refractivity contribution in [2.24, 2.45) is 0 Å². The molecule has 11 heavy (non-hydrogen) atoms. The van der Waals surface area contributed by atoms with Crippen LogP contribution in [-0.4, -0.2) is 12.5 Å². The van der Waals surface area contributed by atoms with Crippen molar-refractivity contribution in [1.82, 2.24) is 5.32 Å². The molecule has 0 aromatic carbocycles. The molecule has 2 heteroatoms. The van der Waals surface area contributed by atoms with Crippen LogP contribution < -0.4 is 5.32 Å². The average Bonchev–Trinajstić information content (AvgIpc) is 2.13. The Balaban J connectivity index is 2.82. The van der Waals surface area contributed by atoms with Crippen molar-refractivity contribution >= 4 is 5.91 Å². The van der Waals surface area contributed by atoms with E-state index < -0.39 is 0 Å². The predicted octanol–water partition coefficient (Wildman–Crippen LogP) is 1.40. The normalized spacial score (nSPS) is 18.2. The second-order valence-corrected chi connectivity index (χ2v) is 2.78. The van der Waals surface area contributed by atoms with Crippen molar-refractivity contribution in [3.63, 3.8) is 0 Å². The highest BCUT2D eigenvalue weighted by Crippen LogP contribution is 2.08. The molecule has 1 heterocycles. The van der Waals surface area contributed by atoms with Gasteiger partial charge in [-0.3, -0.25) is 4.79 Å². The summed E-state index contributed by atoms with van der Waals surface area (Å²) in [7, 11) is 0. The van der Waals surface area contributed by atoms with Crippen molar-refractivity contribution in [1.29, 1.82) is 0 Å². The average molecular weight is 151 g/mol. The van der Waals surface area contributed by atoms with Gasteiger partial charge in [0.1, 0.15) is 0 Å². The van der Waals surface area contributed by atoms with Gasteiger partial charge in [-0.1, -0.05) is 18.6 Å². The van der Waals surface area contributed by atoms with Gasteiger partial charge in [0.05, 0.1) is 0 Å². The lowest BCUT2D eigenvalue weighted by Crippen LogP contribution is -2.21. The molecule has 60 valence electrons. The third-order valence-corrected chi connectivity index (χ3v) is 1.70. The zero-order valence-electron chi connectivity index (χ0n) is 6.98. The number of carbonyl (C=O) groups is 1. The Labute approximate surface area is 67.0 Å². The molecule has 0 saturated heterocycles. The summed E-state index contributed by atoms with van der Waals surface area (Å²) < 4.78 is 0. The van der Waals surface area contributed by atoms with E-state index in [1.807, 2.05) is 13.8 Å². The van der Waals surface area contributed by atoms with Crippen LogP contribution in [0, 0.1) is 0 Å². The lowest BCUT2D eigenvalue weighted by molar-refractivity contribution is -0.116. The van der Waals surface area contributed by atoms with Crippen LogP contribution in [-0.2, 0) is 4.79 Å². The molecule has 0 aromatic rings. The van der Waals surface area contributed by atoms with E-state index in [0.717, 1.165) is 12.0 Å². The van der Waals surface area contributed by atoms with Crippen LogP contribution in [0.2, 0.25) is 0 Å². The summed E-state index contributed by atoms with van der Waals surface area (Å²) in [6, 6.07) is 0. The summed E-state index contributed by atoms with van der Waals surface area (Å²) >= 11 is 0. The number of hydrogen-bond acceptors (Lipinski definition) is 1. The van der Waals surface area contributed by atoms with E-state index in [-0.39, 0.29) is 5.91 Å². The smallest absolute Gasteiger partial charge is 0.244 e.